The van der Waals surface area contributed by atoms with Crippen LogP contribution in [0.1, 0.15) is 23.3 Å². The van der Waals surface area contributed by atoms with E-state index >= 15 is 0 Å². The van der Waals surface area contributed by atoms with E-state index in [0.29, 0.717) is 40.4 Å². The molecule has 3 amide bonds. The zero-order valence-corrected chi connectivity index (χ0v) is 16.6. The van der Waals surface area contributed by atoms with Crippen molar-refractivity contribution in [1.82, 2.24) is 14.4 Å². The first-order valence-corrected chi connectivity index (χ1v) is 9.91. The molecule has 8 heteroatoms. The SMILES string of the molecule is CN1CCC2C1CCN2C(=O)N1c2ccccc2NC(=O)c2c1c(Cl)cn2C. The summed E-state index contributed by atoms with van der Waals surface area (Å²) in [5, 5.41) is 3.31. The fraction of sp³-hybridized carbons (Fsp3) is 0.400. The largest absolute Gasteiger partial charge is 0.343 e. The molecule has 1 N–H and O–H groups in total. The van der Waals surface area contributed by atoms with Gasteiger partial charge in [-0.3, -0.25) is 9.69 Å². The van der Waals surface area contributed by atoms with Crippen molar-refractivity contribution >= 4 is 40.6 Å². The zero-order chi connectivity index (χ0) is 19.6. The Kier molecular flexibility index (Phi) is 3.93. The molecule has 4 heterocycles. The second kappa shape index (κ2) is 6.25. The summed E-state index contributed by atoms with van der Waals surface area (Å²) in [6.07, 6.45) is 3.61. The Morgan fingerprint density at radius 3 is 2.71 bits per heavy atom. The first kappa shape index (κ1) is 17.6. The first-order valence-electron chi connectivity index (χ1n) is 9.53. The number of likely N-dealkylation sites (N-methyl/N-ethyl adjacent to an activating group) is 1. The molecular weight excluding hydrogens is 378 g/mol. The highest BCUT2D eigenvalue weighted by atomic mass is 35.5. The number of carbonyl (C=O) groups is 2. The summed E-state index contributed by atoms with van der Waals surface area (Å²) in [6, 6.07) is 7.84. The molecule has 3 aliphatic heterocycles. The number of nitrogens with one attached hydrogen (secondary N) is 1. The maximum atomic E-state index is 13.8. The van der Waals surface area contributed by atoms with Crippen LogP contribution in [-0.2, 0) is 7.05 Å². The number of amides is 3. The van der Waals surface area contributed by atoms with Crippen molar-refractivity contribution in [2.75, 3.05) is 30.4 Å². The Morgan fingerprint density at radius 2 is 1.89 bits per heavy atom. The van der Waals surface area contributed by atoms with E-state index in [1.54, 1.807) is 22.7 Å². The smallest absolute Gasteiger partial charge is 0.329 e. The average molecular weight is 400 g/mol. The van der Waals surface area contributed by atoms with Crippen molar-refractivity contribution < 1.29 is 9.59 Å². The van der Waals surface area contributed by atoms with Crippen LogP contribution in [0.3, 0.4) is 0 Å². The van der Waals surface area contributed by atoms with Crippen LogP contribution in [0.15, 0.2) is 30.5 Å². The van der Waals surface area contributed by atoms with E-state index in [1.807, 2.05) is 29.2 Å². The van der Waals surface area contributed by atoms with Gasteiger partial charge in [-0.15, -0.1) is 0 Å². The highest BCUT2D eigenvalue weighted by Crippen LogP contribution is 2.44. The molecule has 0 aliphatic carbocycles. The molecule has 7 nitrogen and oxygen atoms in total. The van der Waals surface area contributed by atoms with Crippen LogP contribution in [0, 0.1) is 0 Å². The van der Waals surface area contributed by atoms with Gasteiger partial charge < -0.3 is 19.7 Å². The van der Waals surface area contributed by atoms with Gasteiger partial charge in [0.05, 0.1) is 22.4 Å². The maximum Gasteiger partial charge on any atom is 0.329 e. The van der Waals surface area contributed by atoms with E-state index in [4.69, 9.17) is 11.6 Å². The van der Waals surface area contributed by atoms with Crippen molar-refractivity contribution in [1.29, 1.82) is 0 Å². The second-order valence-corrected chi connectivity index (χ2v) is 8.17. The fourth-order valence-electron chi connectivity index (χ4n) is 4.90. The van der Waals surface area contributed by atoms with Crippen LogP contribution in [-0.4, -0.2) is 58.5 Å². The van der Waals surface area contributed by atoms with Crippen molar-refractivity contribution in [3.8, 4) is 0 Å². The molecule has 3 aliphatic rings. The van der Waals surface area contributed by atoms with Gasteiger partial charge in [0.25, 0.3) is 5.91 Å². The number of nitrogens with zero attached hydrogens (tertiary/aromatic N) is 4. The number of hydrogen-bond donors (Lipinski definition) is 1. The number of fused-ring (bicyclic) bond motifs is 3. The lowest BCUT2D eigenvalue weighted by Gasteiger charge is -2.31. The first-order chi connectivity index (χ1) is 13.5. The predicted molar refractivity (Wildman–Crippen MR) is 108 cm³/mol. The Bertz CT molecular complexity index is 987. The van der Waals surface area contributed by atoms with Gasteiger partial charge in [-0.1, -0.05) is 23.7 Å². The number of rotatable bonds is 0. The number of para-hydroxylation sites is 2. The third kappa shape index (κ3) is 2.39. The van der Waals surface area contributed by atoms with Crippen LogP contribution in [0.4, 0.5) is 21.9 Å². The number of hydrogen-bond acceptors (Lipinski definition) is 3. The zero-order valence-electron chi connectivity index (χ0n) is 15.9. The lowest BCUT2D eigenvalue weighted by molar-refractivity contribution is 0.102. The van der Waals surface area contributed by atoms with Gasteiger partial charge in [-0.05, 0) is 32.0 Å². The van der Waals surface area contributed by atoms with Gasteiger partial charge in [-0.2, -0.15) is 0 Å². The predicted octanol–water partition coefficient (Wildman–Crippen LogP) is 3.28. The van der Waals surface area contributed by atoms with Crippen LogP contribution in [0.25, 0.3) is 0 Å². The molecule has 2 aromatic rings. The Morgan fingerprint density at radius 1 is 1.14 bits per heavy atom. The molecule has 146 valence electrons. The lowest BCUT2D eigenvalue weighted by atomic mass is 10.1. The molecular formula is C20H22ClN5O2. The summed E-state index contributed by atoms with van der Waals surface area (Å²) >= 11 is 6.53. The third-order valence-corrected chi connectivity index (χ3v) is 6.51. The minimum atomic E-state index is -0.271. The molecule has 28 heavy (non-hydrogen) atoms. The molecule has 2 saturated heterocycles. The number of benzene rings is 1. The Balaban J connectivity index is 1.65. The normalized spacial score (nSPS) is 23.9. The standard InChI is InChI=1S/C20H22ClN5O2/c1-23-9-7-16-15(23)8-10-25(16)20(28)26-14-6-4-3-5-13(14)22-19(27)18-17(26)12(21)11-24(18)2/h3-6,11,15-16H,7-10H2,1-2H3,(H,22,27). The molecule has 2 fully saturated rings. The van der Waals surface area contributed by atoms with E-state index in [0.717, 1.165) is 19.4 Å². The minimum absolute atomic E-state index is 0.124. The molecule has 0 spiro atoms. The summed E-state index contributed by atoms with van der Waals surface area (Å²) in [5.74, 6) is -0.271. The maximum absolute atomic E-state index is 13.8. The monoisotopic (exact) mass is 399 g/mol. The molecule has 0 radical (unpaired) electrons. The quantitative estimate of drug-likeness (QED) is 0.739. The number of aromatic nitrogens is 1. The van der Waals surface area contributed by atoms with Crippen molar-refractivity contribution in [3.05, 3.63) is 41.2 Å². The highest BCUT2D eigenvalue weighted by Gasteiger charge is 2.46. The fourth-order valence-corrected chi connectivity index (χ4v) is 5.22. The third-order valence-electron chi connectivity index (χ3n) is 6.23. The molecule has 0 bridgehead atoms. The van der Waals surface area contributed by atoms with Gasteiger partial charge in [0, 0.05) is 32.4 Å². The van der Waals surface area contributed by atoms with Crippen LogP contribution >= 0.6 is 11.6 Å². The highest BCUT2D eigenvalue weighted by molar-refractivity contribution is 6.36. The van der Waals surface area contributed by atoms with Crippen LogP contribution < -0.4 is 10.2 Å². The minimum Gasteiger partial charge on any atom is -0.343 e. The number of aryl methyl sites for hydroxylation is 1. The molecule has 0 saturated carbocycles. The Labute approximate surface area is 168 Å². The number of anilines is 3. The molecule has 1 aromatic carbocycles. The number of carbonyl (C=O) groups excluding carboxylic acids is 2. The van der Waals surface area contributed by atoms with Crippen LogP contribution in [0.5, 0.6) is 0 Å². The summed E-state index contributed by atoms with van der Waals surface area (Å²) < 4.78 is 1.68. The Hall–Kier alpha value is -2.51. The van der Waals surface area contributed by atoms with E-state index < -0.39 is 0 Å². The number of likely N-dealkylation sites (tertiary alicyclic amines) is 2. The summed E-state index contributed by atoms with van der Waals surface area (Å²) in [4.78, 5) is 32.6. The lowest BCUT2D eigenvalue weighted by Crippen LogP contribution is -2.45. The van der Waals surface area contributed by atoms with Crippen LogP contribution in [0.2, 0.25) is 5.02 Å². The summed E-state index contributed by atoms with van der Waals surface area (Å²) in [6.45, 7) is 1.70. The van der Waals surface area contributed by atoms with Gasteiger partial charge in [0.15, 0.2) is 0 Å². The summed E-state index contributed by atoms with van der Waals surface area (Å²) in [7, 11) is 3.88. The van der Waals surface area contributed by atoms with E-state index in [9.17, 15) is 9.59 Å². The molecule has 5 rings (SSSR count). The molecule has 2 atom stereocenters. The van der Waals surface area contributed by atoms with Crippen molar-refractivity contribution in [3.63, 3.8) is 0 Å². The second-order valence-electron chi connectivity index (χ2n) is 7.76. The van der Waals surface area contributed by atoms with Gasteiger partial charge >= 0.3 is 6.03 Å². The average Bonchev–Trinajstić information content (AvgIpc) is 3.29. The van der Waals surface area contributed by atoms with Gasteiger partial charge in [-0.25, -0.2) is 4.79 Å². The van der Waals surface area contributed by atoms with E-state index in [-0.39, 0.29) is 18.0 Å². The van der Waals surface area contributed by atoms with E-state index in [2.05, 4.69) is 17.3 Å². The number of halogens is 1. The van der Waals surface area contributed by atoms with E-state index in [1.165, 1.54) is 0 Å². The van der Waals surface area contributed by atoms with Crippen molar-refractivity contribution in [2.45, 2.75) is 24.9 Å². The van der Waals surface area contributed by atoms with Crippen molar-refractivity contribution in [2.24, 2.45) is 7.05 Å². The number of urea groups is 1. The topological polar surface area (TPSA) is 60.8 Å². The van der Waals surface area contributed by atoms with Gasteiger partial charge in [0.2, 0.25) is 0 Å². The summed E-state index contributed by atoms with van der Waals surface area (Å²) in [5.41, 5.74) is 2.08. The molecule has 2 unspecified atom stereocenters. The van der Waals surface area contributed by atoms with Gasteiger partial charge in [0.1, 0.15) is 11.4 Å². The molecule has 1 aromatic heterocycles.